The number of nitrogens with zero attached hydrogens (tertiary/aromatic N) is 3. The first kappa shape index (κ1) is 15.2. The molecule has 1 aromatic carbocycles. The maximum atomic E-state index is 13.1. The summed E-state index contributed by atoms with van der Waals surface area (Å²) in [7, 11) is 0. The molecule has 0 N–H and O–H groups in total. The van der Waals surface area contributed by atoms with E-state index in [9.17, 15) is 4.79 Å². The fourth-order valence-electron chi connectivity index (χ4n) is 3.55. The standard InChI is InChI=1S/C19H18ClN3O/c1-2-18-16-6-4-3-5-13(16)9-10-22(18)19(24)17-11-15-8-7-14(20)12-23(15)21-17/h3-8,11-12,18H,2,9-10H2,1H3. The minimum atomic E-state index is -0.0174. The predicted octanol–water partition coefficient (Wildman–Crippen LogP) is 4.14. The molecule has 24 heavy (non-hydrogen) atoms. The van der Waals surface area contributed by atoms with Gasteiger partial charge >= 0.3 is 0 Å². The van der Waals surface area contributed by atoms with Crippen LogP contribution in [0.4, 0.5) is 0 Å². The first-order chi connectivity index (χ1) is 11.7. The van der Waals surface area contributed by atoms with Gasteiger partial charge in [-0.25, -0.2) is 4.52 Å². The van der Waals surface area contributed by atoms with E-state index in [1.165, 1.54) is 11.1 Å². The fraction of sp³-hybridized carbons (Fsp3) is 0.263. The molecule has 1 amide bonds. The summed E-state index contributed by atoms with van der Waals surface area (Å²) in [6.07, 6.45) is 3.50. The zero-order valence-corrected chi connectivity index (χ0v) is 14.2. The lowest BCUT2D eigenvalue weighted by atomic mass is 9.91. The minimum Gasteiger partial charge on any atom is -0.330 e. The van der Waals surface area contributed by atoms with E-state index in [0.29, 0.717) is 10.7 Å². The normalized spacial score (nSPS) is 17.1. The molecule has 0 bridgehead atoms. The molecule has 0 aliphatic carbocycles. The van der Waals surface area contributed by atoms with Gasteiger partial charge in [0.15, 0.2) is 5.69 Å². The van der Waals surface area contributed by atoms with E-state index in [2.05, 4.69) is 30.2 Å². The number of hydrogen-bond acceptors (Lipinski definition) is 2. The van der Waals surface area contributed by atoms with E-state index >= 15 is 0 Å². The molecule has 3 heterocycles. The third-order valence-corrected chi connectivity index (χ3v) is 4.93. The molecule has 2 aromatic heterocycles. The molecule has 122 valence electrons. The number of pyridine rings is 1. The van der Waals surface area contributed by atoms with Crippen LogP contribution in [-0.2, 0) is 6.42 Å². The Hall–Kier alpha value is -2.33. The molecule has 0 spiro atoms. The molecule has 4 rings (SSSR count). The Morgan fingerprint density at radius 1 is 1.29 bits per heavy atom. The summed E-state index contributed by atoms with van der Waals surface area (Å²) in [6.45, 7) is 2.85. The molecule has 1 aliphatic heterocycles. The van der Waals surface area contributed by atoms with Gasteiger partial charge in [-0.3, -0.25) is 4.79 Å². The maximum absolute atomic E-state index is 13.1. The number of carbonyl (C=O) groups is 1. The van der Waals surface area contributed by atoms with Gasteiger partial charge in [0.25, 0.3) is 5.91 Å². The second kappa shape index (κ2) is 5.95. The first-order valence-electron chi connectivity index (χ1n) is 8.21. The molecule has 5 heteroatoms. The molecule has 0 saturated heterocycles. The number of aromatic nitrogens is 2. The van der Waals surface area contributed by atoms with Gasteiger partial charge < -0.3 is 4.90 Å². The molecule has 0 saturated carbocycles. The molecular weight excluding hydrogens is 322 g/mol. The summed E-state index contributed by atoms with van der Waals surface area (Å²) in [4.78, 5) is 15.0. The maximum Gasteiger partial charge on any atom is 0.274 e. The van der Waals surface area contributed by atoms with Gasteiger partial charge in [0.1, 0.15) is 0 Å². The van der Waals surface area contributed by atoms with Crippen molar-refractivity contribution in [3.63, 3.8) is 0 Å². The Bertz CT molecular complexity index is 918. The number of carbonyl (C=O) groups excluding carboxylic acids is 1. The van der Waals surface area contributed by atoms with Gasteiger partial charge in [0.2, 0.25) is 0 Å². The highest BCUT2D eigenvalue weighted by Gasteiger charge is 2.31. The molecule has 4 nitrogen and oxygen atoms in total. The average molecular weight is 340 g/mol. The van der Waals surface area contributed by atoms with Crippen molar-refractivity contribution in [2.24, 2.45) is 0 Å². The highest BCUT2D eigenvalue weighted by molar-refractivity contribution is 6.30. The summed E-state index contributed by atoms with van der Waals surface area (Å²) < 4.78 is 1.66. The van der Waals surface area contributed by atoms with Crippen LogP contribution in [-0.4, -0.2) is 27.0 Å². The number of amides is 1. The zero-order valence-electron chi connectivity index (χ0n) is 13.4. The van der Waals surface area contributed by atoms with Crippen LogP contribution < -0.4 is 0 Å². The van der Waals surface area contributed by atoms with Crippen LogP contribution in [0.5, 0.6) is 0 Å². The Kier molecular flexibility index (Phi) is 3.77. The minimum absolute atomic E-state index is 0.0174. The van der Waals surface area contributed by atoms with Crippen LogP contribution >= 0.6 is 11.6 Å². The van der Waals surface area contributed by atoms with Crippen molar-refractivity contribution in [1.29, 1.82) is 0 Å². The van der Waals surface area contributed by atoms with E-state index in [-0.39, 0.29) is 11.9 Å². The molecule has 1 atom stereocenters. The highest BCUT2D eigenvalue weighted by Crippen LogP contribution is 2.33. The SMILES string of the molecule is CCC1c2ccccc2CCN1C(=O)c1cc2ccc(Cl)cn2n1. The largest absolute Gasteiger partial charge is 0.330 e. The van der Waals surface area contributed by atoms with Crippen LogP contribution in [0.2, 0.25) is 5.02 Å². The summed E-state index contributed by atoms with van der Waals surface area (Å²) in [6, 6.07) is 14.0. The van der Waals surface area contributed by atoms with Crippen LogP contribution in [0, 0.1) is 0 Å². The number of benzene rings is 1. The Balaban J connectivity index is 1.70. The Morgan fingerprint density at radius 3 is 2.96 bits per heavy atom. The summed E-state index contributed by atoms with van der Waals surface area (Å²) in [5.41, 5.74) is 3.94. The summed E-state index contributed by atoms with van der Waals surface area (Å²) in [5, 5.41) is 5.01. The second-order valence-corrected chi connectivity index (χ2v) is 6.55. The van der Waals surface area contributed by atoms with Crippen molar-refractivity contribution in [2.45, 2.75) is 25.8 Å². The van der Waals surface area contributed by atoms with E-state index in [1.807, 2.05) is 23.1 Å². The van der Waals surface area contributed by atoms with Gasteiger partial charge in [-0.1, -0.05) is 42.8 Å². The van der Waals surface area contributed by atoms with Crippen molar-refractivity contribution in [3.8, 4) is 0 Å². The quantitative estimate of drug-likeness (QED) is 0.703. The average Bonchev–Trinajstić information content (AvgIpc) is 3.03. The van der Waals surface area contributed by atoms with E-state index in [4.69, 9.17) is 11.6 Å². The fourth-order valence-corrected chi connectivity index (χ4v) is 3.70. The van der Waals surface area contributed by atoms with Gasteiger partial charge in [0, 0.05) is 12.7 Å². The summed E-state index contributed by atoms with van der Waals surface area (Å²) in [5.74, 6) is -0.0174. The predicted molar refractivity (Wildman–Crippen MR) is 94.4 cm³/mol. The lowest BCUT2D eigenvalue weighted by molar-refractivity contribution is 0.0649. The summed E-state index contributed by atoms with van der Waals surface area (Å²) >= 11 is 6.00. The Morgan fingerprint density at radius 2 is 2.12 bits per heavy atom. The first-order valence-corrected chi connectivity index (χ1v) is 8.59. The molecule has 0 fully saturated rings. The van der Waals surface area contributed by atoms with E-state index in [1.54, 1.807) is 16.8 Å². The highest BCUT2D eigenvalue weighted by atomic mass is 35.5. The smallest absolute Gasteiger partial charge is 0.274 e. The molecule has 3 aromatic rings. The molecule has 1 unspecified atom stereocenters. The van der Waals surface area contributed by atoms with Gasteiger partial charge in [-0.15, -0.1) is 0 Å². The number of rotatable bonds is 2. The Labute approximate surface area is 145 Å². The van der Waals surface area contributed by atoms with Gasteiger partial charge in [-0.2, -0.15) is 5.10 Å². The molecule has 0 radical (unpaired) electrons. The van der Waals surface area contributed by atoms with Crippen LogP contribution in [0.25, 0.3) is 5.52 Å². The van der Waals surface area contributed by atoms with Crippen LogP contribution in [0.1, 0.15) is 41.0 Å². The van der Waals surface area contributed by atoms with Crippen molar-refractivity contribution in [3.05, 3.63) is 70.5 Å². The van der Waals surface area contributed by atoms with Crippen LogP contribution in [0.15, 0.2) is 48.7 Å². The van der Waals surface area contributed by atoms with Crippen molar-refractivity contribution < 1.29 is 4.79 Å². The van der Waals surface area contributed by atoms with Crippen molar-refractivity contribution in [2.75, 3.05) is 6.54 Å². The third-order valence-electron chi connectivity index (χ3n) is 4.70. The molecule has 1 aliphatic rings. The topological polar surface area (TPSA) is 37.6 Å². The zero-order chi connectivity index (χ0) is 16.7. The van der Waals surface area contributed by atoms with Crippen molar-refractivity contribution in [1.82, 2.24) is 14.5 Å². The van der Waals surface area contributed by atoms with Crippen molar-refractivity contribution >= 4 is 23.0 Å². The lowest BCUT2D eigenvalue weighted by Gasteiger charge is -2.36. The van der Waals surface area contributed by atoms with Gasteiger partial charge in [-0.05, 0) is 42.2 Å². The van der Waals surface area contributed by atoms with Gasteiger partial charge in [0.05, 0.1) is 16.6 Å². The monoisotopic (exact) mass is 339 g/mol. The van der Waals surface area contributed by atoms with E-state index < -0.39 is 0 Å². The van der Waals surface area contributed by atoms with Crippen LogP contribution in [0.3, 0.4) is 0 Å². The number of hydrogen-bond donors (Lipinski definition) is 0. The number of halogens is 1. The van der Waals surface area contributed by atoms with E-state index in [0.717, 1.165) is 24.9 Å². The second-order valence-electron chi connectivity index (χ2n) is 6.12. The lowest BCUT2D eigenvalue weighted by Crippen LogP contribution is -2.40. The third kappa shape index (κ3) is 2.47. The number of fused-ring (bicyclic) bond motifs is 2. The molecular formula is C19H18ClN3O.